The fourth-order valence-corrected chi connectivity index (χ4v) is 2.03. The molecule has 1 aromatic carbocycles. The van der Waals surface area contributed by atoms with Gasteiger partial charge in [0.2, 0.25) is 0 Å². The highest BCUT2D eigenvalue weighted by molar-refractivity contribution is 5.94. The van der Waals surface area contributed by atoms with Crippen molar-refractivity contribution >= 4 is 5.91 Å². The molecule has 1 heterocycles. The number of carbonyl (C=O) groups excluding carboxylic acids is 1. The van der Waals surface area contributed by atoms with Crippen LogP contribution in [0.2, 0.25) is 0 Å². The molecule has 1 saturated heterocycles. The van der Waals surface area contributed by atoms with Crippen molar-refractivity contribution in [1.29, 1.82) is 0 Å². The van der Waals surface area contributed by atoms with Crippen LogP contribution in [0.4, 0.5) is 13.2 Å². The molecule has 1 amide bonds. The lowest BCUT2D eigenvalue weighted by Crippen LogP contribution is -2.44. The fourth-order valence-electron chi connectivity index (χ4n) is 2.03. The normalized spacial score (nSPS) is 23.2. The summed E-state index contributed by atoms with van der Waals surface area (Å²) in [6, 6.07) is 1.27. The quantitative estimate of drug-likeness (QED) is 0.839. The largest absolute Gasteiger partial charge is 0.381 e. The molecule has 1 aromatic rings. The van der Waals surface area contributed by atoms with Crippen LogP contribution in [0.5, 0.6) is 0 Å². The second-order valence-electron chi connectivity index (χ2n) is 4.67. The monoisotopic (exact) mass is 273 g/mol. The van der Waals surface area contributed by atoms with Crippen molar-refractivity contribution in [2.75, 3.05) is 13.2 Å². The zero-order valence-electron chi connectivity index (χ0n) is 10.4. The van der Waals surface area contributed by atoms with Gasteiger partial charge in [0.25, 0.3) is 5.91 Å². The smallest absolute Gasteiger partial charge is 0.251 e. The van der Waals surface area contributed by atoms with Crippen molar-refractivity contribution in [2.45, 2.75) is 19.4 Å². The van der Waals surface area contributed by atoms with Gasteiger partial charge >= 0.3 is 0 Å². The third-order valence-corrected chi connectivity index (χ3v) is 3.20. The predicted octanol–water partition coefficient (Wildman–Crippen LogP) is 2.26. The first kappa shape index (κ1) is 13.9. The van der Waals surface area contributed by atoms with Crippen LogP contribution >= 0.6 is 0 Å². The molecule has 0 saturated carbocycles. The second kappa shape index (κ2) is 5.61. The van der Waals surface area contributed by atoms with Crippen molar-refractivity contribution in [3.8, 4) is 0 Å². The van der Waals surface area contributed by atoms with Gasteiger partial charge in [0.05, 0.1) is 6.61 Å². The molecule has 1 N–H and O–H groups in total. The molecule has 2 unspecified atom stereocenters. The molecule has 2 rings (SSSR count). The van der Waals surface area contributed by atoms with Gasteiger partial charge in [-0.1, -0.05) is 6.92 Å². The Labute approximate surface area is 108 Å². The Kier molecular flexibility index (Phi) is 4.09. The van der Waals surface area contributed by atoms with Crippen molar-refractivity contribution < 1.29 is 22.7 Å². The van der Waals surface area contributed by atoms with E-state index in [1.807, 2.05) is 6.92 Å². The van der Waals surface area contributed by atoms with E-state index in [-0.39, 0.29) is 17.5 Å². The van der Waals surface area contributed by atoms with Gasteiger partial charge in [-0.05, 0) is 24.5 Å². The van der Waals surface area contributed by atoms with Crippen LogP contribution in [0, 0.1) is 23.4 Å². The van der Waals surface area contributed by atoms with Gasteiger partial charge in [-0.25, -0.2) is 13.2 Å². The molecule has 0 radical (unpaired) electrons. The summed E-state index contributed by atoms with van der Waals surface area (Å²) >= 11 is 0. The van der Waals surface area contributed by atoms with Gasteiger partial charge in [-0.2, -0.15) is 0 Å². The van der Waals surface area contributed by atoms with Gasteiger partial charge in [0.1, 0.15) is 0 Å². The molecule has 6 heteroatoms. The van der Waals surface area contributed by atoms with Crippen LogP contribution in [0.3, 0.4) is 0 Å². The van der Waals surface area contributed by atoms with E-state index in [0.717, 1.165) is 0 Å². The van der Waals surface area contributed by atoms with Crippen LogP contribution in [0.1, 0.15) is 23.7 Å². The Hall–Kier alpha value is -1.56. The van der Waals surface area contributed by atoms with Gasteiger partial charge < -0.3 is 10.1 Å². The Morgan fingerprint density at radius 3 is 2.53 bits per heavy atom. The Balaban J connectivity index is 2.11. The van der Waals surface area contributed by atoms with Gasteiger partial charge in [0.15, 0.2) is 17.5 Å². The SMILES string of the molecule is CC1COCCC1NC(=O)c1cc(F)c(F)c(F)c1. The average molecular weight is 273 g/mol. The fraction of sp³-hybridized carbons (Fsp3) is 0.462. The number of benzene rings is 1. The minimum absolute atomic E-state index is 0.113. The highest BCUT2D eigenvalue weighted by atomic mass is 19.2. The zero-order chi connectivity index (χ0) is 14.0. The molecule has 0 aliphatic carbocycles. The van der Waals surface area contributed by atoms with Crippen molar-refractivity contribution in [2.24, 2.45) is 5.92 Å². The molecule has 19 heavy (non-hydrogen) atoms. The molecule has 1 aliphatic rings. The maximum absolute atomic E-state index is 13.0. The van der Waals surface area contributed by atoms with Crippen LogP contribution in [0.15, 0.2) is 12.1 Å². The molecule has 0 bridgehead atoms. The van der Waals surface area contributed by atoms with E-state index in [1.165, 1.54) is 0 Å². The third kappa shape index (κ3) is 3.07. The molecule has 1 aliphatic heterocycles. The number of hydrogen-bond donors (Lipinski definition) is 1. The van der Waals surface area contributed by atoms with E-state index in [4.69, 9.17) is 4.74 Å². The van der Waals surface area contributed by atoms with Crippen LogP contribution in [-0.4, -0.2) is 25.2 Å². The second-order valence-corrected chi connectivity index (χ2v) is 4.67. The maximum atomic E-state index is 13.0. The average Bonchev–Trinajstić information content (AvgIpc) is 2.38. The van der Waals surface area contributed by atoms with Crippen molar-refractivity contribution in [1.82, 2.24) is 5.32 Å². The molecular formula is C13H14F3NO2. The molecule has 1 fully saturated rings. The molecule has 104 valence electrons. The first-order valence-electron chi connectivity index (χ1n) is 6.02. The van der Waals surface area contributed by atoms with Gasteiger partial charge in [-0.15, -0.1) is 0 Å². The summed E-state index contributed by atoms with van der Waals surface area (Å²) in [6.45, 7) is 2.97. The molecule has 0 spiro atoms. The van der Waals surface area contributed by atoms with Crippen molar-refractivity contribution in [3.63, 3.8) is 0 Å². The number of carbonyl (C=O) groups is 1. The minimum atomic E-state index is -1.57. The highest BCUT2D eigenvalue weighted by Gasteiger charge is 2.24. The Bertz CT molecular complexity index is 470. The molecule has 2 atom stereocenters. The molecule has 0 aromatic heterocycles. The number of amides is 1. The van der Waals surface area contributed by atoms with E-state index < -0.39 is 23.4 Å². The number of hydrogen-bond acceptors (Lipinski definition) is 2. The topological polar surface area (TPSA) is 38.3 Å². The lowest BCUT2D eigenvalue weighted by atomic mass is 9.97. The summed E-state index contributed by atoms with van der Waals surface area (Å²) in [5.74, 6) is -4.81. The van der Waals surface area contributed by atoms with Crippen LogP contribution in [0.25, 0.3) is 0 Å². The van der Waals surface area contributed by atoms with E-state index in [2.05, 4.69) is 5.32 Å². The first-order chi connectivity index (χ1) is 8.99. The highest BCUT2D eigenvalue weighted by Crippen LogP contribution is 2.17. The summed E-state index contributed by atoms with van der Waals surface area (Å²) in [5, 5.41) is 2.68. The lowest BCUT2D eigenvalue weighted by molar-refractivity contribution is 0.0375. The number of halogens is 3. The summed E-state index contributed by atoms with van der Waals surface area (Å²) in [5.41, 5.74) is -0.227. The lowest BCUT2D eigenvalue weighted by Gasteiger charge is -2.29. The Morgan fingerprint density at radius 1 is 1.32 bits per heavy atom. The number of ether oxygens (including phenoxy) is 1. The van der Waals surface area contributed by atoms with Crippen LogP contribution in [-0.2, 0) is 4.74 Å². The van der Waals surface area contributed by atoms with Crippen molar-refractivity contribution in [3.05, 3.63) is 35.1 Å². The minimum Gasteiger partial charge on any atom is -0.381 e. The van der Waals surface area contributed by atoms with E-state index in [0.29, 0.717) is 31.8 Å². The zero-order valence-corrected chi connectivity index (χ0v) is 10.4. The van der Waals surface area contributed by atoms with Gasteiger partial charge in [0, 0.05) is 18.2 Å². The van der Waals surface area contributed by atoms with E-state index in [1.54, 1.807) is 0 Å². The van der Waals surface area contributed by atoms with E-state index in [9.17, 15) is 18.0 Å². The molecular weight excluding hydrogens is 259 g/mol. The molecule has 3 nitrogen and oxygen atoms in total. The standard InChI is InChI=1S/C13H14F3NO2/c1-7-6-19-3-2-11(7)17-13(18)8-4-9(14)12(16)10(15)5-8/h4-5,7,11H,2-3,6H2,1H3,(H,17,18). The summed E-state index contributed by atoms with van der Waals surface area (Å²) < 4.78 is 44.1. The predicted molar refractivity (Wildman–Crippen MR) is 62.2 cm³/mol. The first-order valence-corrected chi connectivity index (χ1v) is 6.02. The summed E-state index contributed by atoms with van der Waals surface area (Å²) in [6.07, 6.45) is 0.638. The number of nitrogens with one attached hydrogen (secondary N) is 1. The maximum Gasteiger partial charge on any atom is 0.251 e. The summed E-state index contributed by atoms with van der Waals surface area (Å²) in [7, 11) is 0. The van der Waals surface area contributed by atoms with E-state index >= 15 is 0 Å². The Morgan fingerprint density at radius 2 is 1.95 bits per heavy atom. The number of rotatable bonds is 2. The van der Waals surface area contributed by atoms with Gasteiger partial charge in [-0.3, -0.25) is 4.79 Å². The van der Waals surface area contributed by atoms with Crippen LogP contribution < -0.4 is 5.32 Å². The third-order valence-electron chi connectivity index (χ3n) is 3.20. The summed E-state index contributed by atoms with van der Waals surface area (Å²) in [4.78, 5) is 11.9.